The van der Waals surface area contributed by atoms with Gasteiger partial charge in [-0.3, -0.25) is 0 Å². The van der Waals surface area contributed by atoms with Crippen molar-refractivity contribution in [1.29, 1.82) is 0 Å². The minimum absolute atomic E-state index is 0.916. The zero-order valence-electron chi connectivity index (χ0n) is 26.1. The van der Waals surface area contributed by atoms with Crippen molar-refractivity contribution in [2.45, 2.75) is 0 Å². The van der Waals surface area contributed by atoms with Crippen LogP contribution in [0, 0.1) is 0 Å². The molecule has 0 aliphatic carbocycles. The molecule has 10 rings (SSSR count). The molecule has 1 heterocycles. The molecule has 0 unspecified atom stereocenters. The fraction of sp³-hybridized carbons (Fsp3) is 0. The van der Waals surface area contributed by atoms with Gasteiger partial charge in [0.05, 0.1) is 5.69 Å². The summed E-state index contributed by atoms with van der Waals surface area (Å²) in [7, 11) is 0. The Morgan fingerprint density at radius 3 is 1.79 bits per heavy atom. The summed E-state index contributed by atoms with van der Waals surface area (Å²) in [6.07, 6.45) is 0. The molecule has 1 aromatic heterocycles. The van der Waals surface area contributed by atoms with Crippen LogP contribution in [-0.4, -0.2) is 0 Å². The zero-order chi connectivity index (χ0) is 31.6. The predicted molar refractivity (Wildman–Crippen MR) is 204 cm³/mol. The molecule has 0 aliphatic rings. The van der Waals surface area contributed by atoms with Gasteiger partial charge in [0, 0.05) is 32.9 Å². The van der Waals surface area contributed by atoms with Crippen molar-refractivity contribution < 1.29 is 4.42 Å². The maximum atomic E-state index is 6.37. The van der Waals surface area contributed by atoms with Gasteiger partial charge < -0.3 is 9.32 Å². The van der Waals surface area contributed by atoms with E-state index in [-0.39, 0.29) is 0 Å². The summed E-state index contributed by atoms with van der Waals surface area (Å²) in [5.41, 5.74) is 7.61. The third kappa shape index (κ3) is 4.06. The lowest BCUT2D eigenvalue weighted by Gasteiger charge is -2.27. The highest BCUT2D eigenvalue weighted by Gasteiger charge is 2.19. The smallest absolute Gasteiger partial charge is 0.136 e. The average Bonchev–Trinajstić information content (AvgIpc) is 3.55. The van der Waals surface area contributed by atoms with Crippen LogP contribution in [0.1, 0.15) is 0 Å². The quantitative estimate of drug-likeness (QED) is 0.184. The van der Waals surface area contributed by atoms with Crippen LogP contribution in [-0.2, 0) is 0 Å². The van der Waals surface area contributed by atoms with Crippen LogP contribution in [0.5, 0.6) is 0 Å². The molecular formula is C46H29NO. The van der Waals surface area contributed by atoms with Crippen molar-refractivity contribution in [3.8, 4) is 11.1 Å². The topological polar surface area (TPSA) is 16.4 Å². The second-order valence-corrected chi connectivity index (χ2v) is 12.5. The van der Waals surface area contributed by atoms with Crippen molar-refractivity contribution in [1.82, 2.24) is 0 Å². The SMILES string of the molecule is c1ccc(-c2ccc(N(c3ccc4c5ccccc5c5c(ccc6oc7ccccc7c65)c4c3)c3cccc4ccccc34)cc2)cc1. The van der Waals surface area contributed by atoms with E-state index >= 15 is 0 Å². The lowest BCUT2D eigenvalue weighted by molar-refractivity contribution is 0.669. The van der Waals surface area contributed by atoms with Gasteiger partial charge in [-0.05, 0) is 92.0 Å². The van der Waals surface area contributed by atoms with Crippen LogP contribution in [0.15, 0.2) is 180 Å². The third-order valence-corrected chi connectivity index (χ3v) is 9.82. The maximum absolute atomic E-state index is 6.37. The highest BCUT2D eigenvalue weighted by atomic mass is 16.3. The van der Waals surface area contributed by atoms with Gasteiger partial charge in [0.1, 0.15) is 11.2 Å². The molecule has 48 heavy (non-hydrogen) atoms. The standard InChI is InChI=1S/C46H29NO/c1-2-11-30(12-3-1)31-21-23-33(24-22-31)47(42-19-10-14-32-13-4-5-15-35(32)42)34-25-26-37-36-16-6-7-17-38(36)45-39(41(37)29-34)27-28-44-46(45)40-18-8-9-20-43(40)48-44/h1-29H. The number of fused-ring (bicyclic) bond motifs is 11. The van der Waals surface area contributed by atoms with Gasteiger partial charge in [-0.25, -0.2) is 0 Å². The molecule has 0 aliphatic heterocycles. The Kier molecular flexibility index (Phi) is 5.91. The molecule has 2 heteroatoms. The lowest BCUT2D eigenvalue weighted by atomic mass is 9.91. The van der Waals surface area contributed by atoms with Crippen LogP contribution in [0.4, 0.5) is 17.1 Å². The molecule has 0 N–H and O–H groups in total. The molecule has 224 valence electrons. The van der Waals surface area contributed by atoms with Crippen molar-refractivity contribution in [2.24, 2.45) is 0 Å². The van der Waals surface area contributed by atoms with E-state index in [1.54, 1.807) is 0 Å². The predicted octanol–water partition coefficient (Wildman–Crippen LogP) is 13.3. The molecule has 0 amide bonds. The molecule has 9 aromatic carbocycles. The minimum atomic E-state index is 0.916. The van der Waals surface area contributed by atoms with E-state index in [0.717, 1.165) is 33.6 Å². The summed E-state index contributed by atoms with van der Waals surface area (Å²) in [5, 5.41) is 12.2. The van der Waals surface area contributed by atoms with Crippen LogP contribution in [0.2, 0.25) is 0 Å². The Morgan fingerprint density at radius 2 is 0.938 bits per heavy atom. The molecule has 0 saturated carbocycles. The van der Waals surface area contributed by atoms with E-state index in [0.29, 0.717) is 0 Å². The summed E-state index contributed by atoms with van der Waals surface area (Å²) in [6.45, 7) is 0. The second-order valence-electron chi connectivity index (χ2n) is 12.5. The maximum Gasteiger partial charge on any atom is 0.136 e. The van der Waals surface area contributed by atoms with Crippen LogP contribution in [0.3, 0.4) is 0 Å². The molecule has 2 nitrogen and oxygen atoms in total. The molecule has 0 atom stereocenters. The number of furan rings is 1. The van der Waals surface area contributed by atoms with Gasteiger partial charge in [-0.2, -0.15) is 0 Å². The van der Waals surface area contributed by atoms with Crippen LogP contribution >= 0.6 is 0 Å². The van der Waals surface area contributed by atoms with E-state index in [1.807, 2.05) is 6.07 Å². The highest BCUT2D eigenvalue weighted by Crippen LogP contribution is 2.45. The number of nitrogens with zero attached hydrogens (tertiary/aromatic N) is 1. The van der Waals surface area contributed by atoms with Crippen molar-refractivity contribution in [3.05, 3.63) is 176 Å². The Labute approximate surface area is 277 Å². The number of hydrogen-bond donors (Lipinski definition) is 0. The number of hydrogen-bond acceptors (Lipinski definition) is 2. The van der Waals surface area contributed by atoms with E-state index in [9.17, 15) is 0 Å². The molecule has 0 saturated heterocycles. The molecule has 0 fully saturated rings. The fourth-order valence-corrected chi connectivity index (χ4v) is 7.65. The van der Waals surface area contributed by atoms with Gasteiger partial charge in [0.2, 0.25) is 0 Å². The summed E-state index contributed by atoms with van der Waals surface area (Å²) in [4.78, 5) is 2.41. The summed E-state index contributed by atoms with van der Waals surface area (Å²) in [5.74, 6) is 0. The third-order valence-electron chi connectivity index (χ3n) is 9.82. The minimum Gasteiger partial charge on any atom is -0.456 e. The van der Waals surface area contributed by atoms with Gasteiger partial charge in [0.25, 0.3) is 0 Å². The van der Waals surface area contributed by atoms with E-state index < -0.39 is 0 Å². The van der Waals surface area contributed by atoms with Gasteiger partial charge >= 0.3 is 0 Å². The summed E-state index contributed by atoms with van der Waals surface area (Å²) < 4.78 is 6.37. The first kappa shape index (κ1) is 26.8. The summed E-state index contributed by atoms with van der Waals surface area (Å²) >= 11 is 0. The molecule has 0 spiro atoms. The normalized spacial score (nSPS) is 11.8. The van der Waals surface area contributed by atoms with Gasteiger partial charge in [-0.1, -0.05) is 127 Å². The first-order valence-corrected chi connectivity index (χ1v) is 16.4. The van der Waals surface area contributed by atoms with E-state index in [1.165, 1.54) is 59.6 Å². The number of para-hydroxylation sites is 1. The lowest BCUT2D eigenvalue weighted by Crippen LogP contribution is -2.10. The van der Waals surface area contributed by atoms with Gasteiger partial charge in [0.15, 0.2) is 0 Å². The van der Waals surface area contributed by atoms with Crippen molar-refractivity contribution in [2.75, 3.05) is 4.90 Å². The summed E-state index contributed by atoms with van der Waals surface area (Å²) in [6, 6.07) is 63.3. The largest absolute Gasteiger partial charge is 0.456 e. The van der Waals surface area contributed by atoms with Crippen molar-refractivity contribution >= 4 is 82.1 Å². The molecular weight excluding hydrogens is 583 g/mol. The Hall–Kier alpha value is -6.38. The average molecular weight is 612 g/mol. The van der Waals surface area contributed by atoms with Crippen LogP contribution < -0.4 is 4.90 Å². The first-order valence-electron chi connectivity index (χ1n) is 16.4. The fourth-order valence-electron chi connectivity index (χ4n) is 7.65. The molecule has 0 radical (unpaired) electrons. The Balaban J connectivity index is 1.27. The Morgan fingerprint density at radius 1 is 0.333 bits per heavy atom. The highest BCUT2D eigenvalue weighted by molar-refractivity contribution is 6.34. The van der Waals surface area contributed by atoms with E-state index in [2.05, 4.69) is 175 Å². The van der Waals surface area contributed by atoms with E-state index in [4.69, 9.17) is 4.42 Å². The second kappa shape index (κ2) is 10.6. The van der Waals surface area contributed by atoms with Gasteiger partial charge in [-0.15, -0.1) is 0 Å². The Bertz CT molecular complexity index is 2820. The monoisotopic (exact) mass is 611 g/mol. The number of anilines is 3. The van der Waals surface area contributed by atoms with Crippen molar-refractivity contribution in [3.63, 3.8) is 0 Å². The number of rotatable bonds is 4. The van der Waals surface area contributed by atoms with Crippen LogP contribution in [0.25, 0.3) is 76.2 Å². The zero-order valence-corrected chi connectivity index (χ0v) is 26.1. The first-order chi connectivity index (χ1) is 23.8. The molecule has 10 aromatic rings. The number of benzene rings is 9. The molecule has 0 bridgehead atoms.